The summed E-state index contributed by atoms with van der Waals surface area (Å²) < 4.78 is 87.7. The number of H-pyrrole nitrogens is 1. The van der Waals surface area contributed by atoms with E-state index in [1.165, 1.54) is 13.3 Å². The third-order valence-electron chi connectivity index (χ3n) is 4.15. The van der Waals surface area contributed by atoms with Gasteiger partial charge in [-0.05, 0) is 25.5 Å². The van der Waals surface area contributed by atoms with Crippen LogP contribution in [0.4, 0.5) is 26.3 Å². The quantitative estimate of drug-likeness (QED) is 0.440. The average molecular weight is 451 g/mol. The second kappa shape index (κ2) is 7.94. The topological polar surface area (TPSA) is 60.0 Å². The first-order valence-electron chi connectivity index (χ1n) is 8.41. The van der Waals surface area contributed by atoms with E-state index in [2.05, 4.69) is 19.7 Å². The minimum Gasteiger partial charge on any atom is -0.497 e. The molecule has 3 rings (SSSR count). The lowest BCUT2D eigenvalue weighted by atomic mass is 10.1. The highest BCUT2D eigenvalue weighted by molar-refractivity contribution is 7.64. The monoisotopic (exact) mass is 451 g/mol. The average Bonchev–Trinajstić information content (AvgIpc) is 3.07. The van der Waals surface area contributed by atoms with Crippen LogP contribution in [0.2, 0.25) is 0 Å². The Morgan fingerprint density at radius 3 is 2.37 bits per heavy atom. The Labute approximate surface area is 168 Å². The number of alkyl halides is 6. The highest BCUT2D eigenvalue weighted by Crippen LogP contribution is 2.41. The van der Waals surface area contributed by atoms with Gasteiger partial charge in [-0.1, -0.05) is 7.92 Å². The molecule has 0 radical (unpaired) electrons. The number of hydrogen-bond acceptors (Lipinski definition) is 4. The Bertz CT molecular complexity index is 1060. The lowest BCUT2D eigenvalue weighted by Crippen LogP contribution is -2.20. The standard InChI is InChI=1S/C18H16F6N3O2P/c1-28-9-4-10-11(6-25-15(10)13(5-9)30(2)3)14-12(18(22,23)24)7-26-16(27-14)29-8-17(19,20)21/h4-7,25H,8H2,1-3H3. The van der Waals surface area contributed by atoms with Gasteiger partial charge in [-0.25, -0.2) is 4.98 Å². The van der Waals surface area contributed by atoms with Crippen molar-refractivity contribution in [2.24, 2.45) is 0 Å². The summed E-state index contributed by atoms with van der Waals surface area (Å²) in [6.45, 7) is 2.22. The van der Waals surface area contributed by atoms with Crippen molar-refractivity contribution in [3.63, 3.8) is 0 Å². The summed E-state index contributed by atoms with van der Waals surface area (Å²) in [6.07, 6.45) is -7.77. The van der Waals surface area contributed by atoms with Crippen molar-refractivity contribution in [3.05, 3.63) is 30.1 Å². The van der Waals surface area contributed by atoms with Crippen LogP contribution in [-0.2, 0) is 6.18 Å². The Hall–Kier alpha value is -2.55. The van der Waals surface area contributed by atoms with Gasteiger partial charge in [0.15, 0.2) is 6.61 Å². The van der Waals surface area contributed by atoms with Crippen molar-refractivity contribution < 1.29 is 35.8 Å². The van der Waals surface area contributed by atoms with Crippen molar-refractivity contribution in [2.45, 2.75) is 12.4 Å². The van der Waals surface area contributed by atoms with Crippen LogP contribution in [0, 0.1) is 0 Å². The Morgan fingerprint density at radius 2 is 1.80 bits per heavy atom. The number of rotatable bonds is 5. The van der Waals surface area contributed by atoms with Crippen LogP contribution >= 0.6 is 7.92 Å². The number of aromatic nitrogens is 3. The maximum Gasteiger partial charge on any atom is 0.422 e. The smallest absolute Gasteiger partial charge is 0.422 e. The van der Waals surface area contributed by atoms with Crippen molar-refractivity contribution in [1.82, 2.24) is 15.0 Å². The second-order valence-corrected chi connectivity index (χ2v) is 8.75. The number of benzene rings is 1. The molecule has 0 spiro atoms. The highest BCUT2D eigenvalue weighted by atomic mass is 31.1. The summed E-state index contributed by atoms with van der Waals surface area (Å²) in [5.41, 5.74) is -1.13. The molecule has 1 aromatic carbocycles. The fourth-order valence-electron chi connectivity index (χ4n) is 2.85. The number of hydrogen-bond donors (Lipinski definition) is 1. The summed E-state index contributed by atoms with van der Waals surface area (Å²) >= 11 is 0. The van der Waals surface area contributed by atoms with Crippen LogP contribution in [0.15, 0.2) is 24.5 Å². The molecule has 0 unspecified atom stereocenters. The fraction of sp³-hybridized carbons (Fsp3) is 0.333. The predicted octanol–water partition coefficient (Wildman–Crippen LogP) is 4.96. The van der Waals surface area contributed by atoms with E-state index in [9.17, 15) is 26.3 Å². The molecule has 2 aromatic heterocycles. The molecule has 2 heterocycles. The first-order valence-corrected chi connectivity index (χ1v) is 10.6. The van der Waals surface area contributed by atoms with Crippen LogP contribution in [0.5, 0.6) is 11.8 Å². The van der Waals surface area contributed by atoms with E-state index in [-0.39, 0.29) is 5.56 Å². The summed E-state index contributed by atoms with van der Waals surface area (Å²) in [5, 5.41) is 1.26. The summed E-state index contributed by atoms with van der Waals surface area (Å²) in [6, 6.07) is 2.53. The van der Waals surface area contributed by atoms with Crippen LogP contribution in [0.3, 0.4) is 0 Å². The largest absolute Gasteiger partial charge is 0.497 e. The van der Waals surface area contributed by atoms with E-state index in [0.29, 0.717) is 22.8 Å². The number of ether oxygens (including phenoxy) is 2. The molecular weight excluding hydrogens is 435 g/mol. The molecule has 162 valence electrons. The van der Waals surface area contributed by atoms with Gasteiger partial charge in [0, 0.05) is 28.6 Å². The third kappa shape index (κ3) is 4.61. The molecule has 0 saturated carbocycles. The van der Waals surface area contributed by atoms with Crippen LogP contribution < -0.4 is 14.8 Å². The SMILES string of the molecule is COc1cc(P(C)C)c2[nH]cc(-c3nc(OCC(F)(F)F)ncc3C(F)(F)F)c2c1. The zero-order valence-electron chi connectivity index (χ0n) is 15.9. The molecule has 0 aliphatic rings. The van der Waals surface area contributed by atoms with Crippen molar-refractivity contribution in [3.8, 4) is 23.0 Å². The van der Waals surface area contributed by atoms with Gasteiger partial charge in [0.25, 0.3) is 0 Å². The van der Waals surface area contributed by atoms with Gasteiger partial charge in [-0.2, -0.15) is 31.3 Å². The van der Waals surface area contributed by atoms with Crippen molar-refractivity contribution >= 4 is 24.1 Å². The molecular formula is C18H16F6N3O2P. The molecule has 0 atom stereocenters. The Kier molecular flexibility index (Phi) is 5.86. The second-order valence-electron chi connectivity index (χ2n) is 6.48. The minimum absolute atomic E-state index is 0.0496. The molecule has 30 heavy (non-hydrogen) atoms. The lowest BCUT2D eigenvalue weighted by Gasteiger charge is -2.14. The molecule has 1 N–H and O–H groups in total. The van der Waals surface area contributed by atoms with Gasteiger partial charge in [-0.3, -0.25) is 0 Å². The molecule has 0 amide bonds. The van der Waals surface area contributed by atoms with Gasteiger partial charge >= 0.3 is 18.4 Å². The molecule has 0 bridgehead atoms. The molecule has 0 aliphatic carbocycles. The van der Waals surface area contributed by atoms with E-state index in [0.717, 1.165) is 5.30 Å². The van der Waals surface area contributed by atoms with E-state index in [4.69, 9.17) is 4.74 Å². The highest BCUT2D eigenvalue weighted by Gasteiger charge is 2.37. The zero-order chi connectivity index (χ0) is 22.3. The van der Waals surface area contributed by atoms with Gasteiger partial charge in [0.1, 0.15) is 11.3 Å². The van der Waals surface area contributed by atoms with E-state index < -0.39 is 44.1 Å². The van der Waals surface area contributed by atoms with Crippen molar-refractivity contribution in [2.75, 3.05) is 27.0 Å². The number of methoxy groups -OCH3 is 1. The van der Waals surface area contributed by atoms with Crippen LogP contribution in [0.1, 0.15) is 5.56 Å². The molecule has 12 heteroatoms. The summed E-state index contributed by atoms with van der Waals surface area (Å²) in [7, 11) is 0.786. The van der Waals surface area contributed by atoms with E-state index >= 15 is 0 Å². The third-order valence-corrected chi connectivity index (χ3v) is 5.47. The number of nitrogens with one attached hydrogen (secondary N) is 1. The Morgan fingerprint density at radius 1 is 1.10 bits per heavy atom. The molecule has 5 nitrogen and oxygen atoms in total. The molecule has 0 aliphatic heterocycles. The predicted molar refractivity (Wildman–Crippen MR) is 101 cm³/mol. The summed E-state index contributed by atoms with van der Waals surface area (Å²) in [4.78, 5) is 9.90. The lowest BCUT2D eigenvalue weighted by molar-refractivity contribution is -0.155. The van der Waals surface area contributed by atoms with Crippen LogP contribution in [-0.4, -0.2) is 48.2 Å². The van der Waals surface area contributed by atoms with Gasteiger partial charge < -0.3 is 14.5 Å². The first-order chi connectivity index (χ1) is 13.9. The number of halogens is 6. The van der Waals surface area contributed by atoms with Gasteiger partial charge in [0.2, 0.25) is 0 Å². The zero-order valence-corrected chi connectivity index (χ0v) is 16.8. The van der Waals surface area contributed by atoms with Gasteiger partial charge in [0.05, 0.1) is 18.3 Å². The van der Waals surface area contributed by atoms with Crippen molar-refractivity contribution in [1.29, 1.82) is 0 Å². The number of aromatic amines is 1. The maximum absolute atomic E-state index is 13.6. The molecule has 0 saturated heterocycles. The minimum atomic E-state index is -4.83. The van der Waals surface area contributed by atoms with E-state index in [1.807, 2.05) is 13.3 Å². The Balaban J connectivity index is 2.22. The maximum atomic E-state index is 13.6. The fourth-order valence-corrected chi connectivity index (χ4v) is 3.87. The number of nitrogens with zero attached hydrogens (tertiary/aromatic N) is 2. The normalized spacial score (nSPS) is 12.6. The van der Waals surface area contributed by atoms with E-state index in [1.54, 1.807) is 12.1 Å². The van der Waals surface area contributed by atoms with Gasteiger partial charge in [-0.15, -0.1) is 0 Å². The molecule has 0 fully saturated rings. The van der Waals surface area contributed by atoms with Crippen LogP contribution in [0.25, 0.3) is 22.2 Å². The summed E-state index contributed by atoms with van der Waals surface area (Å²) in [5.74, 6) is 0.436. The first kappa shape index (κ1) is 22.1. The number of fused-ring (bicyclic) bond motifs is 1. The molecule has 3 aromatic rings.